The predicted molar refractivity (Wildman–Crippen MR) is 130 cm³/mol. The van der Waals surface area contributed by atoms with Gasteiger partial charge in [-0.05, 0) is 34.6 Å². The van der Waals surface area contributed by atoms with E-state index >= 15 is 0 Å². The molecule has 0 spiro atoms. The number of carbonyl (C=O) groups is 3. The number of benzene rings is 2. The highest BCUT2D eigenvalue weighted by Crippen LogP contribution is 2.44. The first-order chi connectivity index (χ1) is 16.7. The predicted octanol–water partition coefficient (Wildman–Crippen LogP) is 4.01. The minimum atomic E-state index is -1.21. The summed E-state index contributed by atoms with van der Waals surface area (Å²) in [5, 5.41) is 18.5. The van der Waals surface area contributed by atoms with E-state index in [4.69, 9.17) is 4.74 Å². The molecule has 9 heteroatoms. The molecule has 0 saturated heterocycles. The maximum Gasteiger partial charge on any atom is 0.407 e. The van der Waals surface area contributed by atoms with Crippen molar-refractivity contribution in [1.29, 1.82) is 0 Å². The number of aryl methyl sites for hydroxylation is 1. The Balaban J connectivity index is 1.44. The molecule has 1 unspecified atom stereocenters. The van der Waals surface area contributed by atoms with Crippen LogP contribution in [0.4, 0.5) is 10.6 Å². The van der Waals surface area contributed by atoms with Crippen molar-refractivity contribution in [3.63, 3.8) is 0 Å². The third-order valence-electron chi connectivity index (χ3n) is 5.96. The molecule has 0 fully saturated rings. The van der Waals surface area contributed by atoms with E-state index in [0.717, 1.165) is 22.3 Å². The highest BCUT2D eigenvalue weighted by Gasteiger charge is 2.30. The van der Waals surface area contributed by atoms with Gasteiger partial charge in [-0.25, -0.2) is 9.59 Å². The maximum atomic E-state index is 12.9. The Morgan fingerprint density at radius 2 is 1.66 bits per heavy atom. The molecule has 182 valence electrons. The standard InChI is InChI=1S/C26H28N4O5/c1-15(2)12-22(24(31)28-23-20(25(32)33)13-30(3)29-23)27-26(34)35-14-21-18-10-6-4-8-16(18)17-9-5-7-11-19(17)21/h4-11,13,15,21-22H,12,14H2,1-3H3,(H,27,34)(H,32,33)(H,28,29,31). The van der Waals surface area contributed by atoms with E-state index in [-0.39, 0.29) is 29.8 Å². The van der Waals surface area contributed by atoms with E-state index in [2.05, 4.69) is 27.9 Å². The number of anilines is 1. The number of aromatic carboxylic acids is 1. The minimum Gasteiger partial charge on any atom is -0.477 e. The van der Waals surface area contributed by atoms with Crippen LogP contribution < -0.4 is 10.6 Å². The van der Waals surface area contributed by atoms with E-state index in [1.165, 1.54) is 10.9 Å². The highest BCUT2D eigenvalue weighted by molar-refractivity contribution is 6.01. The lowest BCUT2D eigenvalue weighted by Gasteiger charge is -2.20. The Kier molecular flexibility index (Phi) is 6.86. The SMILES string of the molecule is CC(C)CC(NC(=O)OCC1c2ccccc2-c2ccccc21)C(=O)Nc1nn(C)cc1C(=O)O. The Morgan fingerprint density at radius 1 is 1.06 bits per heavy atom. The Labute approximate surface area is 203 Å². The number of carbonyl (C=O) groups excluding carboxylic acids is 2. The summed E-state index contributed by atoms with van der Waals surface area (Å²) in [6.07, 6.45) is 0.923. The van der Waals surface area contributed by atoms with Crippen LogP contribution >= 0.6 is 0 Å². The van der Waals surface area contributed by atoms with Crippen LogP contribution in [0.5, 0.6) is 0 Å². The zero-order valence-corrected chi connectivity index (χ0v) is 19.8. The number of aromatic nitrogens is 2. The average molecular weight is 477 g/mol. The maximum absolute atomic E-state index is 12.9. The monoisotopic (exact) mass is 476 g/mol. The summed E-state index contributed by atoms with van der Waals surface area (Å²) in [6.45, 7) is 3.96. The Morgan fingerprint density at radius 3 is 2.23 bits per heavy atom. The number of alkyl carbamates (subject to hydrolysis) is 1. The van der Waals surface area contributed by atoms with Crippen molar-refractivity contribution in [2.45, 2.75) is 32.2 Å². The molecule has 4 rings (SSSR count). The molecule has 2 aromatic carbocycles. The van der Waals surface area contributed by atoms with Crippen molar-refractivity contribution >= 4 is 23.8 Å². The second-order valence-corrected chi connectivity index (χ2v) is 9.01. The first kappa shape index (κ1) is 24.0. The molecule has 3 aromatic rings. The van der Waals surface area contributed by atoms with E-state index in [9.17, 15) is 19.5 Å². The molecule has 3 N–H and O–H groups in total. The topological polar surface area (TPSA) is 123 Å². The van der Waals surface area contributed by atoms with E-state index < -0.39 is 24.0 Å². The highest BCUT2D eigenvalue weighted by atomic mass is 16.5. The first-order valence-corrected chi connectivity index (χ1v) is 11.4. The number of carboxylic acid groups (broad SMARTS) is 1. The molecule has 1 aliphatic carbocycles. The number of amides is 2. The summed E-state index contributed by atoms with van der Waals surface area (Å²) in [4.78, 5) is 37.1. The smallest absolute Gasteiger partial charge is 0.407 e. The fourth-order valence-electron chi connectivity index (χ4n) is 4.43. The summed E-state index contributed by atoms with van der Waals surface area (Å²) in [7, 11) is 1.56. The molecular formula is C26H28N4O5. The summed E-state index contributed by atoms with van der Waals surface area (Å²) in [5.74, 6) is -1.86. The van der Waals surface area contributed by atoms with Crippen LogP contribution in [0.15, 0.2) is 54.7 Å². The van der Waals surface area contributed by atoms with Crippen LogP contribution in [-0.4, -0.2) is 45.5 Å². The van der Waals surface area contributed by atoms with Crippen LogP contribution in [0, 0.1) is 5.92 Å². The molecule has 1 heterocycles. The van der Waals surface area contributed by atoms with Gasteiger partial charge in [-0.2, -0.15) is 5.10 Å². The van der Waals surface area contributed by atoms with Crippen molar-refractivity contribution in [3.05, 3.63) is 71.4 Å². The minimum absolute atomic E-state index is 0.0758. The van der Waals surface area contributed by atoms with Gasteiger partial charge in [-0.1, -0.05) is 62.4 Å². The average Bonchev–Trinajstić information content (AvgIpc) is 3.34. The normalized spacial score (nSPS) is 13.1. The van der Waals surface area contributed by atoms with Gasteiger partial charge in [0, 0.05) is 19.2 Å². The lowest BCUT2D eigenvalue weighted by molar-refractivity contribution is -0.118. The largest absolute Gasteiger partial charge is 0.477 e. The van der Waals surface area contributed by atoms with E-state index in [1.807, 2.05) is 50.2 Å². The molecule has 0 bridgehead atoms. The number of ether oxygens (including phenoxy) is 1. The van der Waals surface area contributed by atoms with Gasteiger partial charge in [0.25, 0.3) is 0 Å². The summed E-state index contributed by atoms with van der Waals surface area (Å²) < 4.78 is 6.88. The molecule has 0 aliphatic heterocycles. The Hall–Kier alpha value is -4.14. The van der Waals surface area contributed by atoms with E-state index in [1.54, 1.807) is 7.05 Å². The Bertz CT molecular complexity index is 1220. The zero-order valence-electron chi connectivity index (χ0n) is 19.8. The second kappa shape index (κ2) is 10.0. The molecule has 2 amide bonds. The first-order valence-electron chi connectivity index (χ1n) is 11.4. The number of fused-ring (bicyclic) bond motifs is 3. The quantitative estimate of drug-likeness (QED) is 0.452. The summed E-state index contributed by atoms with van der Waals surface area (Å²) in [6, 6.07) is 15.1. The fraction of sp³-hybridized carbons (Fsp3) is 0.308. The molecular weight excluding hydrogens is 448 g/mol. The van der Waals surface area contributed by atoms with Crippen LogP contribution in [0.1, 0.15) is 47.7 Å². The summed E-state index contributed by atoms with van der Waals surface area (Å²) >= 11 is 0. The number of nitrogens with zero attached hydrogens (tertiary/aromatic N) is 2. The molecule has 0 saturated carbocycles. The van der Waals surface area contributed by atoms with Crippen molar-refractivity contribution in [2.75, 3.05) is 11.9 Å². The van der Waals surface area contributed by atoms with Gasteiger partial charge in [0.1, 0.15) is 18.2 Å². The lowest BCUT2D eigenvalue weighted by atomic mass is 9.98. The molecule has 1 aliphatic rings. The molecule has 35 heavy (non-hydrogen) atoms. The van der Waals surface area contributed by atoms with Gasteiger partial charge < -0.3 is 20.5 Å². The summed E-state index contributed by atoms with van der Waals surface area (Å²) in [5.41, 5.74) is 4.30. The number of carboxylic acids is 1. The van der Waals surface area contributed by atoms with Gasteiger partial charge in [0.2, 0.25) is 5.91 Å². The van der Waals surface area contributed by atoms with E-state index in [0.29, 0.717) is 6.42 Å². The zero-order chi connectivity index (χ0) is 25.1. The van der Waals surface area contributed by atoms with Gasteiger partial charge in [0.15, 0.2) is 5.82 Å². The fourth-order valence-corrected chi connectivity index (χ4v) is 4.43. The number of hydrogen-bond donors (Lipinski definition) is 3. The number of nitrogens with one attached hydrogen (secondary N) is 2. The van der Waals surface area contributed by atoms with Gasteiger partial charge >= 0.3 is 12.1 Å². The number of rotatable bonds is 8. The van der Waals surface area contributed by atoms with Crippen molar-refractivity contribution < 1.29 is 24.2 Å². The molecule has 9 nitrogen and oxygen atoms in total. The lowest BCUT2D eigenvalue weighted by Crippen LogP contribution is -2.45. The number of hydrogen-bond acceptors (Lipinski definition) is 5. The van der Waals surface area contributed by atoms with Gasteiger partial charge in [0.05, 0.1) is 0 Å². The molecule has 1 aromatic heterocycles. The molecule has 0 radical (unpaired) electrons. The third-order valence-corrected chi connectivity index (χ3v) is 5.96. The van der Waals surface area contributed by atoms with Crippen molar-refractivity contribution in [1.82, 2.24) is 15.1 Å². The van der Waals surface area contributed by atoms with Crippen LogP contribution in [-0.2, 0) is 16.6 Å². The van der Waals surface area contributed by atoms with Crippen LogP contribution in [0.3, 0.4) is 0 Å². The van der Waals surface area contributed by atoms with Gasteiger partial charge in [-0.3, -0.25) is 9.48 Å². The van der Waals surface area contributed by atoms with Gasteiger partial charge in [-0.15, -0.1) is 0 Å². The van der Waals surface area contributed by atoms with Crippen molar-refractivity contribution in [3.8, 4) is 11.1 Å². The second-order valence-electron chi connectivity index (χ2n) is 9.01. The van der Waals surface area contributed by atoms with Crippen molar-refractivity contribution in [2.24, 2.45) is 13.0 Å². The van der Waals surface area contributed by atoms with Crippen LogP contribution in [0.25, 0.3) is 11.1 Å². The molecule has 1 atom stereocenters. The third kappa shape index (κ3) is 5.18. The van der Waals surface area contributed by atoms with Crippen LogP contribution in [0.2, 0.25) is 0 Å².